The molecule has 1 aliphatic heterocycles. The first-order valence-electron chi connectivity index (χ1n) is 8.10. The summed E-state index contributed by atoms with van der Waals surface area (Å²) in [5.74, 6) is 0.282. The second-order valence-corrected chi connectivity index (χ2v) is 6.77. The number of esters is 1. The second-order valence-electron chi connectivity index (χ2n) is 5.92. The van der Waals surface area contributed by atoms with Crippen LogP contribution in [-0.4, -0.2) is 46.9 Å². The Balaban J connectivity index is 1.60. The highest BCUT2D eigenvalue weighted by Gasteiger charge is 2.29. The largest absolute Gasteiger partial charge is 0.469 e. The molecule has 3 heterocycles. The number of thiazole rings is 1. The third kappa shape index (κ3) is 4.14. The van der Waals surface area contributed by atoms with E-state index < -0.39 is 0 Å². The maximum absolute atomic E-state index is 12.6. The molecule has 0 saturated carbocycles. The highest BCUT2D eigenvalue weighted by molar-refractivity contribution is 7.14. The monoisotopic (exact) mass is 360 g/mol. The lowest BCUT2D eigenvalue weighted by Gasteiger charge is -2.30. The number of rotatable bonds is 4. The van der Waals surface area contributed by atoms with Crippen molar-refractivity contribution in [3.63, 3.8) is 0 Å². The Hall–Kier alpha value is -2.48. The fourth-order valence-electron chi connectivity index (χ4n) is 2.80. The first-order valence-corrected chi connectivity index (χ1v) is 8.98. The van der Waals surface area contributed by atoms with Gasteiger partial charge in [-0.3, -0.25) is 9.59 Å². The summed E-state index contributed by atoms with van der Waals surface area (Å²) in [5, 5.41) is 5.49. The maximum atomic E-state index is 12.6. The van der Waals surface area contributed by atoms with E-state index in [1.165, 1.54) is 18.4 Å². The van der Waals surface area contributed by atoms with E-state index in [0.29, 0.717) is 42.6 Å². The van der Waals surface area contributed by atoms with Crippen LogP contribution in [0.1, 0.15) is 29.0 Å². The highest BCUT2D eigenvalue weighted by atomic mass is 32.1. The number of piperidine rings is 1. The number of methoxy groups -OCH3 is 1. The Morgan fingerprint density at radius 1 is 1.28 bits per heavy atom. The third-order valence-electron chi connectivity index (χ3n) is 4.16. The van der Waals surface area contributed by atoms with Gasteiger partial charge in [-0.1, -0.05) is 6.07 Å². The van der Waals surface area contributed by atoms with Gasteiger partial charge in [-0.25, -0.2) is 9.97 Å². The van der Waals surface area contributed by atoms with Crippen molar-refractivity contribution in [1.29, 1.82) is 0 Å². The summed E-state index contributed by atoms with van der Waals surface area (Å²) in [6.45, 7) is 3.00. The fraction of sp³-hybridized carbons (Fsp3) is 0.412. The Bertz CT molecular complexity index is 769. The van der Waals surface area contributed by atoms with Gasteiger partial charge in [-0.05, 0) is 31.9 Å². The molecule has 0 radical (unpaired) electrons. The van der Waals surface area contributed by atoms with Crippen LogP contribution >= 0.6 is 11.3 Å². The van der Waals surface area contributed by atoms with E-state index in [1.807, 2.05) is 25.1 Å². The number of hydrogen-bond acceptors (Lipinski definition) is 7. The van der Waals surface area contributed by atoms with Crippen molar-refractivity contribution in [3.8, 4) is 0 Å². The summed E-state index contributed by atoms with van der Waals surface area (Å²) >= 11 is 1.37. The molecular weight excluding hydrogens is 340 g/mol. The lowest BCUT2D eigenvalue weighted by molar-refractivity contribution is -0.146. The Morgan fingerprint density at radius 2 is 2.04 bits per heavy atom. The number of carbonyl (C=O) groups excluding carboxylic acids is 2. The molecule has 0 atom stereocenters. The summed E-state index contributed by atoms with van der Waals surface area (Å²) in [6, 6.07) is 5.68. The number of anilines is 2. The lowest BCUT2D eigenvalue weighted by Crippen LogP contribution is -2.40. The van der Waals surface area contributed by atoms with E-state index in [4.69, 9.17) is 4.74 Å². The summed E-state index contributed by atoms with van der Waals surface area (Å²) in [7, 11) is 1.40. The minimum absolute atomic E-state index is 0.107. The molecule has 3 rings (SSSR count). The first-order chi connectivity index (χ1) is 12.1. The van der Waals surface area contributed by atoms with Crippen LogP contribution in [-0.2, 0) is 9.53 Å². The van der Waals surface area contributed by atoms with Crippen molar-refractivity contribution < 1.29 is 14.3 Å². The summed E-state index contributed by atoms with van der Waals surface area (Å²) in [5.41, 5.74) is 1.32. The van der Waals surface area contributed by atoms with Crippen LogP contribution in [0.3, 0.4) is 0 Å². The molecule has 1 amide bonds. The van der Waals surface area contributed by atoms with Gasteiger partial charge in [-0.15, -0.1) is 11.3 Å². The molecule has 0 unspecified atom stereocenters. The molecule has 1 fully saturated rings. The van der Waals surface area contributed by atoms with Crippen LogP contribution in [0.2, 0.25) is 0 Å². The number of aryl methyl sites for hydroxylation is 1. The second kappa shape index (κ2) is 7.60. The fourth-order valence-corrected chi connectivity index (χ4v) is 3.49. The molecule has 7 nitrogen and oxygen atoms in total. The standard InChI is InChI=1S/C17H20N4O3S/c1-11-4-3-5-14(18-11)20-17-19-13(10-25-17)15(22)21-8-6-12(7-9-21)16(23)24-2/h3-5,10,12H,6-9H2,1-2H3,(H,18,19,20). The number of ether oxygens (including phenoxy) is 1. The van der Waals surface area contributed by atoms with Crippen LogP contribution in [0.15, 0.2) is 23.6 Å². The molecule has 0 aromatic carbocycles. The van der Waals surface area contributed by atoms with E-state index in [9.17, 15) is 9.59 Å². The molecule has 1 N–H and O–H groups in total. The Labute approximate surface area is 150 Å². The zero-order valence-corrected chi connectivity index (χ0v) is 15.0. The molecule has 1 aliphatic rings. The first kappa shape index (κ1) is 17.3. The predicted octanol–water partition coefficient (Wildman–Crippen LogP) is 2.62. The van der Waals surface area contributed by atoms with E-state index >= 15 is 0 Å². The summed E-state index contributed by atoms with van der Waals surface area (Å²) in [4.78, 5) is 34.6. The van der Waals surface area contributed by atoms with Gasteiger partial charge in [0.2, 0.25) is 0 Å². The van der Waals surface area contributed by atoms with E-state index in [-0.39, 0.29) is 17.8 Å². The summed E-state index contributed by atoms with van der Waals surface area (Å²) in [6.07, 6.45) is 1.25. The molecule has 132 valence electrons. The van der Waals surface area contributed by atoms with Crippen LogP contribution < -0.4 is 5.32 Å². The van der Waals surface area contributed by atoms with Crippen molar-refractivity contribution in [3.05, 3.63) is 35.0 Å². The number of nitrogens with one attached hydrogen (secondary N) is 1. The van der Waals surface area contributed by atoms with Gasteiger partial charge in [0, 0.05) is 24.2 Å². The molecular formula is C17H20N4O3S. The SMILES string of the molecule is COC(=O)C1CCN(C(=O)c2csc(Nc3cccc(C)n3)n2)CC1. The maximum Gasteiger partial charge on any atom is 0.308 e. The van der Waals surface area contributed by atoms with Crippen molar-refractivity contribution >= 4 is 34.2 Å². The topological polar surface area (TPSA) is 84.4 Å². The van der Waals surface area contributed by atoms with Crippen molar-refractivity contribution in [2.24, 2.45) is 5.92 Å². The average molecular weight is 360 g/mol. The van der Waals surface area contributed by atoms with E-state index in [1.54, 1.807) is 10.3 Å². The van der Waals surface area contributed by atoms with Gasteiger partial charge >= 0.3 is 5.97 Å². The minimum Gasteiger partial charge on any atom is -0.469 e. The molecule has 2 aromatic rings. The molecule has 8 heteroatoms. The number of hydrogen-bond donors (Lipinski definition) is 1. The van der Waals surface area contributed by atoms with Gasteiger partial charge < -0.3 is 15.0 Å². The van der Waals surface area contributed by atoms with Crippen LogP contribution in [0, 0.1) is 12.8 Å². The van der Waals surface area contributed by atoms with Crippen molar-refractivity contribution in [2.75, 3.05) is 25.5 Å². The number of pyridine rings is 1. The molecule has 25 heavy (non-hydrogen) atoms. The van der Waals surface area contributed by atoms with Gasteiger partial charge in [0.1, 0.15) is 11.5 Å². The van der Waals surface area contributed by atoms with Crippen LogP contribution in [0.4, 0.5) is 10.9 Å². The van der Waals surface area contributed by atoms with Crippen molar-refractivity contribution in [2.45, 2.75) is 19.8 Å². The molecule has 1 saturated heterocycles. The zero-order chi connectivity index (χ0) is 17.8. The van der Waals surface area contributed by atoms with E-state index in [0.717, 1.165) is 5.69 Å². The summed E-state index contributed by atoms with van der Waals surface area (Å²) < 4.78 is 4.77. The van der Waals surface area contributed by atoms with Gasteiger partial charge in [0.15, 0.2) is 5.13 Å². The Kier molecular flexibility index (Phi) is 5.28. The predicted molar refractivity (Wildman–Crippen MR) is 95.0 cm³/mol. The third-order valence-corrected chi connectivity index (χ3v) is 4.92. The number of amides is 1. The van der Waals surface area contributed by atoms with Crippen LogP contribution in [0.25, 0.3) is 0 Å². The normalized spacial score (nSPS) is 15.0. The average Bonchev–Trinajstić information content (AvgIpc) is 3.09. The molecule has 0 bridgehead atoms. The minimum atomic E-state index is -0.196. The Morgan fingerprint density at radius 3 is 2.72 bits per heavy atom. The van der Waals surface area contributed by atoms with Gasteiger partial charge in [0.05, 0.1) is 13.0 Å². The lowest BCUT2D eigenvalue weighted by atomic mass is 9.97. The molecule has 2 aromatic heterocycles. The highest BCUT2D eigenvalue weighted by Crippen LogP contribution is 2.23. The molecule has 0 aliphatic carbocycles. The van der Waals surface area contributed by atoms with E-state index in [2.05, 4.69) is 15.3 Å². The van der Waals surface area contributed by atoms with Gasteiger partial charge in [-0.2, -0.15) is 0 Å². The van der Waals surface area contributed by atoms with Crippen LogP contribution in [0.5, 0.6) is 0 Å². The molecule has 0 spiro atoms. The quantitative estimate of drug-likeness (QED) is 0.844. The zero-order valence-electron chi connectivity index (χ0n) is 14.2. The van der Waals surface area contributed by atoms with Crippen molar-refractivity contribution in [1.82, 2.24) is 14.9 Å². The number of nitrogens with zero attached hydrogens (tertiary/aromatic N) is 3. The number of aromatic nitrogens is 2. The number of carbonyl (C=O) groups is 2. The van der Waals surface area contributed by atoms with Gasteiger partial charge in [0.25, 0.3) is 5.91 Å². The number of likely N-dealkylation sites (tertiary alicyclic amines) is 1. The smallest absolute Gasteiger partial charge is 0.308 e.